The molecule has 0 spiro atoms. The zero-order valence-electron chi connectivity index (χ0n) is 5.76. The second kappa shape index (κ2) is 4.32. The zero-order chi connectivity index (χ0) is 7.28. The molecule has 0 saturated carbocycles. The van der Waals surface area contributed by atoms with Crippen LogP contribution in [0.15, 0.2) is 0 Å². The van der Waals surface area contributed by atoms with Crippen LogP contribution in [0, 0.1) is 0 Å². The molecule has 0 radical (unpaired) electrons. The molecule has 0 aromatic carbocycles. The lowest BCUT2D eigenvalue weighted by Crippen LogP contribution is -2.18. The molecule has 0 aromatic heterocycles. The maximum atomic E-state index is 10.2. The van der Waals surface area contributed by atoms with Gasteiger partial charge in [-0.25, -0.2) is 0 Å². The van der Waals surface area contributed by atoms with Crippen LogP contribution in [0.25, 0.3) is 0 Å². The number of aliphatic hydroxyl groups excluding tert-OH is 1. The van der Waals surface area contributed by atoms with Gasteiger partial charge in [-0.3, -0.25) is 4.79 Å². The first-order valence-corrected chi connectivity index (χ1v) is 2.98. The molecule has 54 valence electrons. The van der Waals surface area contributed by atoms with Crippen molar-refractivity contribution in [3.63, 3.8) is 0 Å². The summed E-state index contributed by atoms with van der Waals surface area (Å²) in [7, 11) is 0. The van der Waals surface area contributed by atoms with E-state index in [9.17, 15) is 4.79 Å². The minimum atomic E-state index is -0.337. The number of carbonyl (C=O) groups is 1. The average molecular weight is 132 g/mol. The lowest BCUT2D eigenvalue weighted by molar-refractivity contribution is -0.148. The Morgan fingerprint density at radius 3 is 2.44 bits per heavy atom. The van der Waals surface area contributed by atoms with Gasteiger partial charge in [0.1, 0.15) is 6.10 Å². The van der Waals surface area contributed by atoms with Gasteiger partial charge in [-0.15, -0.1) is 0 Å². The molecule has 0 aliphatic rings. The third-order valence-electron chi connectivity index (χ3n) is 0.992. The van der Waals surface area contributed by atoms with E-state index >= 15 is 0 Å². The van der Waals surface area contributed by atoms with Crippen LogP contribution in [0.1, 0.15) is 20.3 Å². The van der Waals surface area contributed by atoms with Crippen molar-refractivity contribution < 1.29 is 14.6 Å². The minimum Gasteiger partial charge on any atom is -0.460 e. The van der Waals surface area contributed by atoms with Crippen LogP contribution >= 0.6 is 0 Å². The van der Waals surface area contributed by atoms with E-state index in [1.807, 2.05) is 6.92 Å². The van der Waals surface area contributed by atoms with Crippen LogP contribution in [-0.2, 0) is 9.53 Å². The van der Waals surface area contributed by atoms with Crippen molar-refractivity contribution in [3.8, 4) is 0 Å². The lowest BCUT2D eigenvalue weighted by atomic mass is 10.3. The van der Waals surface area contributed by atoms with Crippen molar-refractivity contribution in [2.24, 2.45) is 0 Å². The summed E-state index contributed by atoms with van der Waals surface area (Å²) < 4.78 is 4.66. The number of esters is 1. The normalized spacial score (nSPS) is 12.8. The minimum absolute atomic E-state index is 0.0872. The summed E-state index contributed by atoms with van der Waals surface area (Å²) in [6.45, 7) is 3.10. The molecule has 0 aliphatic heterocycles. The van der Waals surface area contributed by atoms with Crippen LogP contribution in [0.3, 0.4) is 0 Å². The first-order valence-electron chi connectivity index (χ1n) is 2.98. The second-order valence-corrected chi connectivity index (χ2v) is 1.82. The van der Waals surface area contributed by atoms with Gasteiger partial charge in [0.05, 0.1) is 6.61 Å². The first-order chi connectivity index (χ1) is 4.20. The van der Waals surface area contributed by atoms with Crippen molar-refractivity contribution in [2.75, 3.05) is 6.61 Å². The highest BCUT2D eigenvalue weighted by atomic mass is 16.5. The average Bonchev–Trinajstić information content (AvgIpc) is 1.82. The summed E-state index contributed by atoms with van der Waals surface area (Å²) in [5.41, 5.74) is 0. The van der Waals surface area contributed by atoms with E-state index in [-0.39, 0.29) is 18.7 Å². The molecule has 3 nitrogen and oxygen atoms in total. The van der Waals surface area contributed by atoms with Gasteiger partial charge in [0.25, 0.3) is 0 Å². The topological polar surface area (TPSA) is 46.5 Å². The van der Waals surface area contributed by atoms with Gasteiger partial charge in [0.15, 0.2) is 0 Å². The molecule has 0 amide bonds. The lowest BCUT2D eigenvalue weighted by Gasteiger charge is -2.10. The van der Waals surface area contributed by atoms with Crippen molar-refractivity contribution >= 4 is 5.97 Å². The molecule has 1 atom stereocenters. The molecule has 9 heavy (non-hydrogen) atoms. The van der Waals surface area contributed by atoms with Crippen LogP contribution in [0.4, 0.5) is 0 Å². The van der Waals surface area contributed by atoms with E-state index in [4.69, 9.17) is 5.11 Å². The fraction of sp³-hybridized carbons (Fsp3) is 0.833. The SMILES string of the molecule is CC[C@@H](CO)OC(C)=O. The van der Waals surface area contributed by atoms with E-state index in [0.717, 1.165) is 0 Å². The third kappa shape index (κ3) is 3.97. The standard InChI is InChI=1S/C6H12O3/c1-3-6(4-7)9-5(2)8/h6-7H,3-4H2,1-2H3/t6-/m0/s1. The molecule has 0 fully saturated rings. The Kier molecular flexibility index (Phi) is 4.05. The summed E-state index contributed by atoms with van der Waals surface area (Å²) in [6, 6.07) is 0. The van der Waals surface area contributed by atoms with Crippen molar-refractivity contribution in [1.29, 1.82) is 0 Å². The molecule has 0 heterocycles. The number of carbonyl (C=O) groups excluding carboxylic acids is 1. The van der Waals surface area contributed by atoms with Gasteiger partial charge in [-0.05, 0) is 6.42 Å². The van der Waals surface area contributed by atoms with E-state index in [1.54, 1.807) is 0 Å². The van der Waals surface area contributed by atoms with E-state index in [1.165, 1.54) is 6.92 Å². The molecule has 0 rings (SSSR count). The Balaban J connectivity index is 3.43. The number of aliphatic hydroxyl groups is 1. The van der Waals surface area contributed by atoms with Crippen molar-refractivity contribution in [3.05, 3.63) is 0 Å². The van der Waals surface area contributed by atoms with E-state index in [2.05, 4.69) is 4.74 Å². The van der Waals surface area contributed by atoms with E-state index < -0.39 is 0 Å². The summed E-state index contributed by atoms with van der Waals surface area (Å²) in [5, 5.41) is 8.50. The van der Waals surface area contributed by atoms with Crippen LogP contribution < -0.4 is 0 Å². The Hall–Kier alpha value is -0.570. The molecule has 0 bridgehead atoms. The smallest absolute Gasteiger partial charge is 0.302 e. The molecule has 0 unspecified atom stereocenters. The highest BCUT2D eigenvalue weighted by Gasteiger charge is 2.05. The van der Waals surface area contributed by atoms with Crippen molar-refractivity contribution in [2.45, 2.75) is 26.4 Å². The quantitative estimate of drug-likeness (QED) is 0.562. The fourth-order valence-corrected chi connectivity index (χ4v) is 0.484. The number of hydrogen-bond donors (Lipinski definition) is 1. The summed E-state index contributed by atoms with van der Waals surface area (Å²) in [4.78, 5) is 10.2. The van der Waals surface area contributed by atoms with Gasteiger partial charge in [0.2, 0.25) is 0 Å². The Morgan fingerprint density at radius 2 is 2.33 bits per heavy atom. The number of ether oxygens (including phenoxy) is 1. The number of rotatable bonds is 3. The molecular weight excluding hydrogens is 120 g/mol. The molecular formula is C6H12O3. The number of hydrogen-bond acceptors (Lipinski definition) is 3. The maximum absolute atomic E-state index is 10.2. The molecule has 0 aromatic rings. The third-order valence-corrected chi connectivity index (χ3v) is 0.992. The Bertz CT molecular complexity index is 86.3. The molecule has 3 heteroatoms. The highest BCUT2D eigenvalue weighted by molar-refractivity contribution is 5.66. The predicted molar refractivity (Wildman–Crippen MR) is 32.9 cm³/mol. The molecule has 1 N–H and O–H groups in total. The summed E-state index contributed by atoms with van der Waals surface area (Å²) in [5.74, 6) is -0.337. The summed E-state index contributed by atoms with van der Waals surface area (Å²) >= 11 is 0. The molecule has 0 saturated heterocycles. The predicted octanol–water partition coefficient (Wildman–Crippen LogP) is 0.320. The Morgan fingerprint density at radius 1 is 1.78 bits per heavy atom. The maximum Gasteiger partial charge on any atom is 0.302 e. The molecule has 0 aliphatic carbocycles. The first kappa shape index (κ1) is 8.43. The monoisotopic (exact) mass is 132 g/mol. The van der Waals surface area contributed by atoms with Gasteiger partial charge in [-0.1, -0.05) is 6.92 Å². The Labute approximate surface area is 54.6 Å². The van der Waals surface area contributed by atoms with Gasteiger partial charge in [0, 0.05) is 6.92 Å². The zero-order valence-corrected chi connectivity index (χ0v) is 5.76. The second-order valence-electron chi connectivity index (χ2n) is 1.82. The van der Waals surface area contributed by atoms with Crippen LogP contribution in [0.5, 0.6) is 0 Å². The fourth-order valence-electron chi connectivity index (χ4n) is 0.484. The van der Waals surface area contributed by atoms with Gasteiger partial charge >= 0.3 is 5.97 Å². The highest BCUT2D eigenvalue weighted by Crippen LogP contribution is 1.95. The summed E-state index contributed by atoms with van der Waals surface area (Å²) in [6.07, 6.45) is 0.346. The van der Waals surface area contributed by atoms with Crippen LogP contribution in [0.2, 0.25) is 0 Å². The van der Waals surface area contributed by atoms with Gasteiger partial charge in [-0.2, -0.15) is 0 Å². The van der Waals surface area contributed by atoms with Gasteiger partial charge < -0.3 is 9.84 Å². The van der Waals surface area contributed by atoms with Crippen molar-refractivity contribution in [1.82, 2.24) is 0 Å². The largest absolute Gasteiger partial charge is 0.460 e. The van der Waals surface area contributed by atoms with Crippen LogP contribution in [-0.4, -0.2) is 23.8 Å². The van der Waals surface area contributed by atoms with E-state index in [0.29, 0.717) is 6.42 Å².